The molecular formula is C10H14Cl2N2O2. The van der Waals surface area contributed by atoms with Gasteiger partial charge in [-0.15, -0.1) is 24.8 Å². The van der Waals surface area contributed by atoms with Gasteiger partial charge in [0.05, 0.1) is 5.92 Å². The van der Waals surface area contributed by atoms with E-state index >= 15 is 0 Å². The minimum absolute atomic E-state index is 0. The maximum absolute atomic E-state index is 10.9. The molecule has 2 unspecified atom stereocenters. The summed E-state index contributed by atoms with van der Waals surface area (Å²) in [6.45, 7) is 1.29. The number of aromatic nitrogens is 1. The Morgan fingerprint density at radius 2 is 1.94 bits per heavy atom. The minimum atomic E-state index is -0.725. The number of hydrogen-bond donors (Lipinski definition) is 2. The highest BCUT2D eigenvalue weighted by Crippen LogP contribution is 2.27. The quantitative estimate of drug-likeness (QED) is 0.846. The number of nitrogens with zero attached hydrogens (tertiary/aromatic N) is 1. The molecule has 1 fully saturated rings. The number of carbonyl (C=O) groups is 1. The molecule has 2 N–H and O–H groups in total. The molecule has 1 aliphatic rings. The molecule has 0 amide bonds. The first kappa shape index (κ1) is 15.2. The van der Waals surface area contributed by atoms with Crippen LogP contribution in [0.25, 0.3) is 0 Å². The van der Waals surface area contributed by atoms with Crippen molar-refractivity contribution in [2.24, 2.45) is 5.92 Å². The van der Waals surface area contributed by atoms with Crippen LogP contribution < -0.4 is 5.32 Å². The van der Waals surface area contributed by atoms with Gasteiger partial charge in [-0.1, -0.05) is 0 Å². The van der Waals surface area contributed by atoms with E-state index in [2.05, 4.69) is 10.3 Å². The average Bonchev–Trinajstić information content (AvgIpc) is 2.67. The summed E-state index contributed by atoms with van der Waals surface area (Å²) in [5.74, 6) is -0.954. The van der Waals surface area contributed by atoms with Crippen LogP contribution >= 0.6 is 24.8 Å². The fraction of sp³-hybridized carbons (Fsp3) is 0.400. The van der Waals surface area contributed by atoms with Crippen LogP contribution in [0.3, 0.4) is 0 Å². The molecule has 4 nitrogen and oxygen atoms in total. The molecule has 2 rings (SSSR count). The molecule has 0 radical (unpaired) electrons. The Hall–Kier alpha value is -0.840. The molecule has 0 aromatic carbocycles. The fourth-order valence-electron chi connectivity index (χ4n) is 1.90. The second kappa shape index (κ2) is 6.68. The van der Waals surface area contributed by atoms with E-state index in [0.717, 1.165) is 12.1 Å². The summed E-state index contributed by atoms with van der Waals surface area (Å²) in [4.78, 5) is 14.8. The van der Waals surface area contributed by atoms with E-state index < -0.39 is 5.97 Å². The van der Waals surface area contributed by atoms with Gasteiger partial charge in [-0.2, -0.15) is 0 Å². The third-order valence-electron chi connectivity index (χ3n) is 2.67. The van der Waals surface area contributed by atoms with Gasteiger partial charge in [0.2, 0.25) is 0 Å². The third-order valence-corrected chi connectivity index (χ3v) is 2.67. The van der Waals surface area contributed by atoms with Crippen LogP contribution in [0.2, 0.25) is 0 Å². The number of hydrogen-bond acceptors (Lipinski definition) is 3. The van der Waals surface area contributed by atoms with Crippen LogP contribution in [0.5, 0.6) is 0 Å². The standard InChI is InChI=1S/C10H12N2O2.2ClH/c13-10(14)9-6-12-5-8(9)7-1-3-11-4-2-7;;/h1-4,8-9,12H,5-6H2,(H,13,14);2*1H. The number of aliphatic carboxylic acids is 1. The van der Waals surface area contributed by atoms with Crippen molar-refractivity contribution >= 4 is 30.8 Å². The van der Waals surface area contributed by atoms with Crippen molar-refractivity contribution < 1.29 is 9.90 Å². The second-order valence-electron chi connectivity index (χ2n) is 3.49. The van der Waals surface area contributed by atoms with Crippen molar-refractivity contribution in [3.63, 3.8) is 0 Å². The van der Waals surface area contributed by atoms with Crippen LogP contribution in [0, 0.1) is 5.92 Å². The number of pyridine rings is 1. The van der Waals surface area contributed by atoms with Gasteiger partial charge < -0.3 is 10.4 Å². The van der Waals surface area contributed by atoms with Gasteiger partial charge in [-0.3, -0.25) is 9.78 Å². The van der Waals surface area contributed by atoms with E-state index in [1.807, 2.05) is 12.1 Å². The lowest BCUT2D eigenvalue weighted by atomic mass is 9.90. The molecule has 1 aromatic rings. The van der Waals surface area contributed by atoms with Crippen LogP contribution in [-0.2, 0) is 4.79 Å². The highest BCUT2D eigenvalue weighted by molar-refractivity contribution is 5.85. The van der Waals surface area contributed by atoms with Crippen molar-refractivity contribution in [3.8, 4) is 0 Å². The predicted octanol–water partition coefficient (Wildman–Crippen LogP) is 1.31. The van der Waals surface area contributed by atoms with Crippen LogP contribution in [-0.4, -0.2) is 29.1 Å². The zero-order chi connectivity index (χ0) is 9.97. The number of rotatable bonds is 2. The van der Waals surface area contributed by atoms with E-state index in [-0.39, 0.29) is 36.6 Å². The summed E-state index contributed by atoms with van der Waals surface area (Å²) in [6.07, 6.45) is 3.40. The molecule has 0 spiro atoms. The van der Waals surface area contributed by atoms with Crippen LogP contribution in [0.1, 0.15) is 11.5 Å². The van der Waals surface area contributed by atoms with E-state index in [1.165, 1.54) is 0 Å². The Morgan fingerprint density at radius 3 is 2.50 bits per heavy atom. The largest absolute Gasteiger partial charge is 0.481 e. The molecule has 0 saturated carbocycles. The molecule has 2 atom stereocenters. The lowest BCUT2D eigenvalue weighted by Crippen LogP contribution is -2.20. The molecule has 1 aromatic heterocycles. The number of carboxylic acids is 1. The Morgan fingerprint density at radius 1 is 1.31 bits per heavy atom. The highest BCUT2D eigenvalue weighted by atomic mass is 35.5. The van der Waals surface area contributed by atoms with E-state index in [9.17, 15) is 4.79 Å². The summed E-state index contributed by atoms with van der Waals surface area (Å²) >= 11 is 0. The summed E-state index contributed by atoms with van der Waals surface area (Å²) in [6, 6.07) is 3.77. The monoisotopic (exact) mass is 264 g/mol. The van der Waals surface area contributed by atoms with Gasteiger partial charge in [-0.05, 0) is 17.7 Å². The van der Waals surface area contributed by atoms with Gasteiger partial charge in [0, 0.05) is 31.4 Å². The normalized spacial score (nSPS) is 23.0. The molecule has 16 heavy (non-hydrogen) atoms. The SMILES string of the molecule is Cl.Cl.O=C(O)C1CNCC1c1ccncc1. The van der Waals surface area contributed by atoms with Crippen molar-refractivity contribution in [2.45, 2.75) is 5.92 Å². The smallest absolute Gasteiger partial charge is 0.308 e. The van der Waals surface area contributed by atoms with E-state index in [1.54, 1.807) is 12.4 Å². The molecule has 1 saturated heterocycles. The van der Waals surface area contributed by atoms with Gasteiger partial charge >= 0.3 is 5.97 Å². The van der Waals surface area contributed by atoms with Gasteiger partial charge in [0.1, 0.15) is 0 Å². The topological polar surface area (TPSA) is 62.2 Å². The first-order chi connectivity index (χ1) is 6.79. The fourth-order valence-corrected chi connectivity index (χ4v) is 1.90. The molecule has 1 aliphatic heterocycles. The maximum Gasteiger partial charge on any atom is 0.308 e. The molecule has 0 aliphatic carbocycles. The summed E-state index contributed by atoms with van der Waals surface area (Å²) in [5.41, 5.74) is 1.05. The lowest BCUT2D eigenvalue weighted by molar-refractivity contribution is -0.141. The molecule has 6 heteroatoms. The average molecular weight is 265 g/mol. The minimum Gasteiger partial charge on any atom is -0.481 e. The molecule has 0 bridgehead atoms. The highest BCUT2D eigenvalue weighted by Gasteiger charge is 2.33. The van der Waals surface area contributed by atoms with E-state index in [4.69, 9.17) is 5.11 Å². The van der Waals surface area contributed by atoms with Crippen molar-refractivity contribution in [2.75, 3.05) is 13.1 Å². The Balaban J connectivity index is 0.00000112. The number of halogens is 2. The zero-order valence-electron chi connectivity index (χ0n) is 8.50. The maximum atomic E-state index is 10.9. The Bertz CT molecular complexity index is 335. The molecule has 2 heterocycles. The Labute approximate surface area is 106 Å². The summed E-state index contributed by atoms with van der Waals surface area (Å²) in [5, 5.41) is 12.1. The van der Waals surface area contributed by atoms with E-state index in [0.29, 0.717) is 6.54 Å². The van der Waals surface area contributed by atoms with Crippen molar-refractivity contribution in [1.82, 2.24) is 10.3 Å². The number of nitrogens with one attached hydrogen (secondary N) is 1. The Kier molecular flexibility index (Phi) is 6.33. The van der Waals surface area contributed by atoms with Gasteiger partial charge in [0.15, 0.2) is 0 Å². The van der Waals surface area contributed by atoms with Crippen molar-refractivity contribution in [1.29, 1.82) is 0 Å². The van der Waals surface area contributed by atoms with Crippen LogP contribution in [0.4, 0.5) is 0 Å². The second-order valence-corrected chi connectivity index (χ2v) is 3.49. The van der Waals surface area contributed by atoms with Gasteiger partial charge in [0.25, 0.3) is 0 Å². The van der Waals surface area contributed by atoms with Gasteiger partial charge in [-0.25, -0.2) is 0 Å². The summed E-state index contributed by atoms with van der Waals surface area (Å²) in [7, 11) is 0. The molecular weight excluding hydrogens is 251 g/mol. The summed E-state index contributed by atoms with van der Waals surface area (Å²) < 4.78 is 0. The van der Waals surface area contributed by atoms with Crippen molar-refractivity contribution in [3.05, 3.63) is 30.1 Å². The first-order valence-corrected chi connectivity index (χ1v) is 4.62. The third kappa shape index (κ3) is 3.07. The molecule has 90 valence electrons. The number of carboxylic acid groups (broad SMARTS) is 1. The first-order valence-electron chi connectivity index (χ1n) is 4.62. The lowest BCUT2D eigenvalue weighted by Gasteiger charge is -2.14. The van der Waals surface area contributed by atoms with Crippen LogP contribution in [0.15, 0.2) is 24.5 Å². The predicted molar refractivity (Wildman–Crippen MR) is 65.5 cm³/mol. The zero-order valence-corrected chi connectivity index (χ0v) is 10.1.